The minimum atomic E-state index is -0.439. The van der Waals surface area contributed by atoms with Crippen LogP contribution in [0.15, 0.2) is 47.4 Å². The third-order valence-electron chi connectivity index (χ3n) is 3.36. The Morgan fingerprint density at radius 1 is 1.29 bits per heavy atom. The van der Waals surface area contributed by atoms with Crippen molar-refractivity contribution in [3.05, 3.63) is 58.8 Å². The second kappa shape index (κ2) is 6.62. The number of aromatic hydroxyl groups is 1. The number of carbonyl (C=O) groups excluding carboxylic acids is 1. The van der Waals surface area contributed by atoms with E-state index < -0.39 is 5.82 Å². The van der Waals surface area contributed by atoms with E-state index in [9.17, 15) is 14.3 Å². The molecule has 0 radical (unpaired) electrons. The molecule has 2 aromatic carbocycles. The Hall–Kier alpha value is -2.38. The van der Waals surface area contributed by atoms with E-state index >= 15 is 0 Å². The predicted octanol–water partition coefficient (Wildman–Crippen LogP) is 3.95. The maximum atomic E-state index is 13.4. The summed E-state index contributed by atoms with van der Waals surface area (Å²) in [5.41, 5.74) is 1.02. The van der Waals surface area contributed by atoms with Crippen molar-refractivity contribution in [2.24, 2.45) is 0 Å². The number of methoxy groups -OCH3 is 1. The number of benzene rings is 2. The van der Waals surface area contributed by atoms with Gasteiger partial charge in [0.1, 0.15) is 5.82 Å². The SMILES string of the molecule is COc1ccc(/C=C2\SC(=S)N(c3cccc(F)c3)C2=O)cc1O. The zero-order valence-electron chi connectivity index (χ0n) is 12.5. The van der Waals surface area contributed by atoms with Crippen LogP contribution in [0.2, 0.25) is 0 Å². The average molecular weight is 361 g/mol. The molecule has 0 spiro atoms. The van der Waals surface area contributed by atoms with Gasteiger partial charge in [0.05, 0.1) is 17.7 Å². The van der Waals surface area contributed by atoms with Gasteiger partial charge in [-0.15, -0.1) is 0 Å². The molecule has 1 fully saturated rings. The van der Waals surface area contributed by atoms with E-state index in [0.29, 0.717) is 26.2 Å². The quantitative estimate of drug-likeness (QED) is 0.663. The third-order valence-corrected chi connectivity index (χ3v) is 4.66. The van der Waals surface area contributed by atoms with Gasteiger partial charge < -0.3 is 9.84 Å². The summed E-state index contributed by atoms with van der Waals surface area (Å²) in [6.07, 6.45) is 1.62. The lowest BCUT2D eigenvalue weighted by Crippen LogP contribution is -2.27. The Balaban J connectivity index is 1.92. The molecular formula is C17H12FNO3S2. The minimum Gasteiger partial charge on any atom is -0.504 e. The molecule has 0 bridgehead atoms. The summed E-state index contributed by atoms with van der Waals surface area (Å²) >= 11 is 6.36. The topological polar surface area (TPSA) is 49.8 Å². The van der Waals surface area contributed by atoms with E-state index in [2.05, 4.69) is 0 Å². The number of halogens is 1. The number of hydrogen-bond donors (Lipinski definition) is 1. The van der Waals surface area contributed by atoms with Gasteiger partial charge in [0, 0.05) is 0 Å². The first-order chi connectivity index (χ1) is 11.5. The molecule has 1 amide bonds. The van der Waals surface area contributed by atoms with Crippen LogP contribution in [-0.4, -0.2) is 22.4 Å². The Morgan fingerprint density at radius 3 is 2.75 bits per heavy atom. The van der Waals surface area contributed by atoms with Crippen LogP contribution in [0.25, 0.3) is 6.08 Å². The smallest absolute Gasteiger partial charge is 0.270 e. The van der Waals surface area contributed by atoms with E-state index in [1.54, 1.807) is 24.3 Å². The highest BCUT2D eigenvalue weighted by atomic mass is 32.2. The molecule has 1 heterocycles. The molecule has 2 aromatic rings. The first-order valence-electron chi connectivity index (χ1n) is 6.90. The molecule has 1 saturated heterocycles. The molecule has 3 rings (SSSR count). The van der Waals surface area contributed by atoms with Crippen LogP contribution in [0.5, 0.6) is 11.5 Å². The van der Waals surface area contributed by atoms with Gasteiger partial charge in [0.15, 0.2) is 15.8 Å². The molecule has 122 valence electrons. The standard InChI is InChI=1S/C17H12FNO3S2/c1-22-14-6-5-10(7-13(14)20)8-15-16(21)19(17(23)24-15)12-4-2-3-11(18)9-12/h2-9,20H,1H3/b15-8-. The maximum absolute atomic E-state index is 13.4. The fourth-order valence-corrected chi connectivity index (χ4v) is 3.55. The monoisotopic (exact) mass is 361 g/mol. The lowest BCUT2D eigenvalue weighted by Gasteiger charge is -2.14. The van der Waals surface area contributed by atoms with E-state index in [-0.39, 0.29) is 11.7 Å². The Bertz CT molecular complexity index is 867. The molecule has 0 aliphatic carbocycles. The van der Waals surface area contributed by atoms with Crippen molar-refractivity contribution in [3.8, 4) is 11.5 Å². The van der Waals surface area contributed by atoms with Crippen molar-refractivity contribution in [1.29, 1.82) is 0 Å². The second-order valence-corrected chi connectivity index (χ2v) is 6.60. The van der Waals surface area contributed by atoms with Gasteiger partial charge in [0.2, 0.25) is 0 Å². The summed E-state index contributed by atoms with van der Waals surface area (Å²) in [5, 5.41) is 9.82. The van der Waals surface area contributed by atoms with E-state index in [0.717, 1.165) is 11.8 Å². The maximum Gasteiger partial charge on any atom is 0.270 e. The molecule has 1 aliphatic heterocycles. The fourth-order valence-electron chi connectivity index (χ4n) is 2.25. The van der Waals surface area contributed by atoms with E-state index in [4.69, 9.17) is 17.0 Å². The van der Waals surface area contributed by atoms with Crippen LogP contribution in [0.4, 0.5) is 10.1 Å². The molecule has 0 aromatic heterocycles. The zero-order chi connectivity index (χ0) is 17.3. The number of nitrogens with zero attached hydrogens (tertiary/aromatic N) is 1. The number of phenols is 1. The Labute approximate surface area is 147 Å². The van der Waals surface area contributed by atoms with Gasteiger partial charge in [-0.3, -0.25) is 9.69 Å². The number of phenolic OH excluding ortho intramolecular Hbond substituents is 1. The molecule has 1 N–H and O–H groups in total. The molecule has 7 heteroatoms. The summed E-state index contributed by atoms with van der Waals surface area (Å²) in [5.74, 6) is -0.442. The molecule has 4 nitrogen and oxygen atoms in total. The summed E-state index contributed by atoms with van der Waals surface area (Å²) < 4.78 is 18.7. The number of rotatable bonds is 3. The van der Waals surface area contributed by atoms with Crippen molar-refractivity contribution >= 4 is 46.0 Å². The fraction of sp³-hybridized carbons (Fsp3) is 0.0588. The van der Waals surface area contributed by atoms with Crippen LogP contribution in [0.1, 0.15) is 5.56 Å². The molecule has 0 unspecified atom stereocenters. The predicted molar refractivity (Wildman–Crippen MR) is 96.7 cm³/mol. The Morgan fingerprint density at radius 2 is 2.08 bits per heavy atom. The van der Waals surface area contributed by atoms with E-state index in [1.807, 2.05) is 0 Å². The zero-order valence-corrected chi connectivity index (χ0v) is 14.2. The summed E-state index contributed by atoms with van der Waals surface area (Å²) in [7, 11) is 1.46. The van der Waals surface area contributed by atoms with Crippen LogP contribution in [-0.2, 0) is 4.79 Å². The third kappa shape index (κ3) is 3.13. The first-order valence-corrected chi connectivity index (χ1v) is 8.12. The van der Waals surface area contributed by atoms with Gasteiger partial charge in [-0.25, -0.2) is 4.39 Å². The van der Waals surface area contributed by atoms with Gasteiger partial charge in [-0.1, -0.05) is 36.1 Å². The summed E-state index contributed by atoms with van der Waals surface area (Å²) in [6, 6.07) is 10.5. The number of carbonyl (C=O) groups is 1. The number of ether oxygens (including phenoxy) is 1. The number of amides is 1. The molecule has 0 saturated carbocycles. The minimum absolute atomic E-state index is 0.0214. The second-order valence-electron chi connectivity index (χ2n) is 4.93. The van der Waals surface area contributed by atoms with Crippen molar-refractivity contribution in [2.75, 3.05) is 12.0 Å². The summed E-state index contributed by atoms with van der Waals surface area (Å²) in [4.78, 5) is 14.3. The molecule has 1 aliphatic rings. The van der Waals surface area contributed by atoms with Crippen LogP contribution in [0.3, 0.4) is 0 Å². The number of hydrogen-bond acceptors (Lipinski definition) is 5. The molecule has 24 heavy (non-hydrogen) atoms. The van der Waals surface area contributed by atoms with Crippen LogP contribution in [0, 0.1) is 5.82 Å². The number of thioether (sulfide) groups is 1. The van der Waals surface area contributed by atoms with Crippen LogP contribution < -0.4 is 9.64 Å². The van der Waals surface area contributed by atoms with Crippen LogP contribution >= 0.6 is 24.0 Å². The first kappa shape index (κ1) is 16.5. The van der Waals surface area contributed by atoms with Gasteiger partial charge in [-0.05, 0) is 42.0 Å². The van der Waals surface area contributed by atoms with Crippen molar-refractivity contribution < 1.29 is 19.0 Å². The lowest BCUT2D eigenvalue weighted by atomic mass is 10.2. The highest BCUT2D eigenvalue weighted by Crippen LogP contribution is 2.37. The number of anilines is 1. The van der Waals surface area contributed by atoms with Crippen molar-refractivity contribution in [2.45, 2.75) is 0 Å². The average Bonchev–Trinajstić information content (AvgIpc) is 2.81. The molecular weight excluding hydrogens is 349 g/mol. The molecule has 0 atom stereocenters. The van der Waals surface area contributed by atoms with Crippen molar-refractivity contribution in [1.82, 2.24) is 0 Å². The largest absolute Gasteiger partial charge is 0.504 e. The van der Waals surface area contributed by atoms with Gasteiger partial charge in [0.25, 0.3) is 5.91 Å². The lowest BCUT2D eigenvalue weighted by molar-refractivity contribution is -0.113. The highest BCUT2D eigenvalue weighted by Gasteiger charge is 2.33. The van der Waals surface area contributed by atoms with Gasteiger partial charge in [-0.2, -0.15) is 0 Å². The Kier molecular flexibility index (Phi) is 4.55. The van der Waals surface area contributed by atoms with Crippen molar-refractivity contribution in [3.63, 3.8) is 0 Å². The normalized spacial score (nSPS) is 16.1. The van der Waals surface area contributed by atoms with Gasteiger partial charge >= 0.3 is 0 Å². The number of thiocarbonyl (C=S) groups is 1. The van der Waals surface area contributed by atoms with E-state index in [1.165, 1.54) is 36.3 Å². The highest BCUT2D eigenvalue weighted by molar-refractivity contribution is 8.27. The summed E-state index contributed by atoms with van der Waals surface area (Å²) in [6.45, 7) is 0.